The third kappa shape index (κ3) is 4.42. The fraction of sp³-hybridized carbons (Fsp3) is 0.333. The van der Waals surface area contributed by atoms with Crippen molar-refractivity contribution in [3.8, 4) is 5.82 Å². The van der Waals surface area contributed by atoms with Gasteiger partial charge in [-0.05, 0) is 43.9 Å². The standard InChI is InChI=1S/C21H23FN6O/c1-15-4-2-3-9-28(15)20-10-19(24-13-25-20)27-12-18(26-14-27)21(29)23-11-16-5-7-17(22)8-6-16/h5-8,10,12-15H,2-4,9,11H2,1H3,(H,23,29)/t15-/m0/s1. The number of anilines is 1. The van der Waals surface area contributed by atoms with Gasteiger partial charge >= 0.3 is 0 Å². The number of nitrogens with one attached hydrogen (secondary N) is 1. The van der Waals surface area contributed by atoms with Gasteiger partial charge in [-0.1, -0.05) is 12.1 Å². The minimum Gasteiger partial charge on any atom is -0.354 e. The molecule has 29 heavy (non-hydrogen) atoms. The maximum Gasteiger partial charge on any atom is 0.271 e. The van der Waals surface area contributed by atoms with Crippen LogP contribution in [0.1, 0.15) is 42.2 Å². The molecule has 1 N–H and O–H groups in total. The van der Waals surface area contributed by atoms with Crippen LogP contribution in [0.2, 0.25) is 0 Å². The predicted molar refractivity (Wildman–Crippen MR) is 107 cm³/mol. The highest BCUT2D eigenvalue weighted by Gasteiger charge is 2.20. The SMILES string of the molecule is C[C@H]1CCCCN1c1cc(-n2cnc(C(=O)NCc3ccc(F)cc3)c2)ncn1. The molecule has 7 nitrogen and oxygen atoms in total. The first-order valence-electron chi connectivity index (χ1n) is 9.76. The predicted octanol–water partition coefficient (Wildman–Crippen LogP) is 3.11. The van der Waals surface area contributed by atoms with E-state index in [2.05, 4.69) is 32.1 Å². The lowest BCUT2D eigenvalue weighted by atomic mass is 10.0. The normalized spacial score (nSPS) is 16.6. The van der Waals surface area contributed by atoms with E-state index in [1.165, 1.54) is 18.6 Å². The Kier molecular flexibility index (Phi) is 5.50. The summed E-state index contributed by atoms with van der Waals surface area (Å²) in [6.45, 7) is 3.50. The van der Waals surface area contributed by atoms with Crippen molar-refractivity contribution in [1.29, 1.82) is 0 Å². The van der Waals surface area contributed by atoms with Crippen molar-refractivity contribution in [1.82, 2.24) is 24.8 Å². The Morgan fingerprint density at radius 1 is 1.17 bits per heavy atom. The van der Waals surface area contributed by atoms with Crippen LogP contribution in [-0.4, -0.2) is 38.0 Å². The van der Waals surface area contributed by atoms with E-state index < -0.39 is 0 Å². The summed E-state index contributed by atoms with van der Waals surface area (Å²) in [4.78, 5) is 27.6. The van der Waals surface area contributed by atoms with Crippen molar-refractivity contribution in [3.05, 3.63) is 66.3 Å². The molecule has 1 aliphatic rings. The third-order valence-corrected chi connectivity index (χ3v) is 5.18. The summed E-state index contributed by atoms with van der Waals surface area (Å²) in [5.74, 6) is 0.949. The van der Waals surface area contributed by atoms with Gasteiger partial charge in [-0.25, -0.2) is 19.3 Å². The molecule has 0 spiro atoms. The number of aromatic nitrogens is 4. The molecule has 1 atom stereocenters. The van der Waals surface area contributed by atoms with Crippen LogP contribution < -0.4 is 10.2 Å². The fourth-order valence-electron chi connectivity index (χ4n) is 3.51. The second-order valence-corrected chi connectivity index (χ2v) is 7.25. The zero-order valence-corrected chi connectivity index (χ0v) is 16.3. The van der Waals surface area contributed by atoms with Crippen LogP contribution in [0.25, 0.3) is 5.82 Å². The summed E-state index contributed by atoms with van der Waals surface area (Å²) in [6, 6.07) is 8.38. The number of nitrogens with zero attached hydrogens (tertiary/aromatic N) is 5. The molecule has 1 amide bonds. The molecule has 1 aliphatic heterocycles. The lowest BCUT2D eigenvalue weighted by Crippen LogP contribution is -2.38. The molecule has 0 aliphatic carbocycles. The first-order chi connectivity index (χ1) is 14.1. The first kappa shape index (κ1) is 19.0. The summed E-state index contributed by atoms with van der Waals surface area (Å²) < 4.78 is 14.7. The van der Waals surface area contributed by atoms with Crippen molar-refractivity contribution in [2.24, 2.45) is 0 Å². The fourth-order valence-corrected chi connectivity index (χ4v) is 3.51. The van der Waals surface area contributed by atoms with Crippen molar-refractivity contribution in [2.45, 2.75) is 38.8 Å². The zero-order chi connectivity index (χ0) is 20.2. The van der Waals surface area contributed by atoms with Crippen LogP contribution in [0.15, 0.2) is 49.2 Å². The van der Waals surface area contributed by atoms with E-state index in [0.717, 1.165) is 30.8 Å². The van der Waals surface area contributed by atoms with E-state index in [0.29, 0.717) is 24.1 Å². The quantitative estimate of drug-likeness (QED) is 0.720. The van der Waals surface area contributed by atoms with Gasteiger partial charge < -0.3 is 10.2 Å². The molecule has 150 valence electrons. The number of hydrogen-bond acceptors (Lipinski definition) is 5. The Labute approximate surface area is 168 Å². The Balaban J connectivity index is 1.45. The molecule has 3 aromatic rings. The maximum atomic E-state index is 13.0. The lowest BCUT2D eigenvalue weighted by Gasteiger charge is -2.34. The molecular weight excluding hydrogens is 371 g/mol. The number of carbonyl (C=O) groups excluding carboxylic acids is 1. The smallest absolute Gasteiger partial charge is 0.271 e. The molecule has 1 aromatic carbocycles. The van der Waals surface area contributed by atoms with E-state index in [4.69, 9.17) is 0 Å². The van der Waals surface area contributed by atoms with Gasteiger partial charge in [-0.2, -0.15) is 0 Å². The third-order valence-electron chi connectivity index (χ3n) is 5.18. The number of hydrogen-bond donors (Lipinski definition) is 1. The van der Waals surface area contributed by atoms with Crippen LogP contribution in [0.5, 0.6) is 0 Å². The van der Waals surface area contributed by atoms with Crippen LogP contribution in [0, 0.1) is 5.82 Å². The highest BCUT2D eigenvalue weighted by Crippen LogP contribution is 2.23. The van der Waals surface area contributed by atoms with Gasteiger partial charge in [-0.3, -0.25) is 9.36 Å². The Morgan fingerprint density at radius 2 is 1.97 bits per heavy atom. The highest BCUT2D eigenvalue weighted by atomic mass is 19.1. The molecular formula is C21H23FN6O. The first-order valence-corrected chi connectivity index (χ1v) is 9.76. The van der Waals surface area contributed by atoms with Crippen LogP contribution in [-0.2, 0) is 6.54 Å². The summed E-state index contributed by atoms with van der Waals surface area (Å²) in [5.41, 5.74) is 1.11. The van der Waals surface area contributed by atoms with E-state index in [9.17, 15) is 9.18 Å². The van der Waals surface area contributed by atoms with Gasteiger partial charge in [0, 0.05) is 31.4 Å². The second-order valence-electron chi connectivity index (χ2n) is 7.25. The van der Waals surface area contributed by atoms with Crippen LogP contribution >= 0.6 is 0 Å². The number of piperidine rings is 1. The van der Waals surface area contributed by atoms with Crippen molar-refractivity contribution < 1.29 is 9.18 Å². The van der Waals surface area contributed by atoms with E-state index >= 15 is 0 Å². The van der Waals surface area contributed by atoms with Gasteiger partial charge in [0.1, 0.15) is 35.8 Å². The number of halogens is 1. The van der Waals surface area contributed by atoms with Crippen LogP contribution in [0.3, 0.4) is 0 Å². The Hall–Kier alpha value is -3.29. The van der Waals surface area contributed by atoms with Gasteiger partial charge in [-0.15, -0.1) is 0 Å². The largest absolute Gasteiger partial charge is 0.354 e. The van der Waals surface area contributed by atoms with E-state index in [1.807, 2.05) is 6.07 Å². The summed E-state index contributed by atoms with van der Waals surface area (Å²) in [6.07, 6.45) is 8.31. The van der Waals surface area contributed by atoms with E-state index in [1.54, 1.807) is 35.6 Å². The molecule has 8 heteroatoms. The second kappa shape index (κ2) is 8.38. The van der Waals surface area contributed by atoms with Crippen molar-refractivity contribution >= 4 is 11.7 Å². The average molecular weight is 394 g/mol. The van der Waals surface area contributed by atoms with Crippen LogP contribution in [0.4, 0.5) is 10.2 Å². The minimum atomic E-state index is -0.304. The average Bonchev–Trinajstić information content (AvgIpc) is 3.24. The van der Waals surface area contributed by atoms with Gasteiger partial charge in [0.25, 0.3) is 5.91 Å². The highest BCUT2D eigenvalue weighted by molar-refractivity contribution is 5.92. The molecule has 4 rings (SSSR count). The van der Waals surface area contributed by atoms with Gasteiger partial charge in [0.05, 0.1) is 0 Å². The molecule has 0 radical (unpaired) electrons. The topological polar surface area (TPSA) is 75.9 Å². The maximum absolute atomic E-state index is 13.0. The molecule has 1 saturated heterocycles. The summed E-state index contributed by atoms with van der Waals surface area (Å²) >= 11 is 0. The molecule has 0 bridgehead atoms. The minimum absolute atomic E-state index is 0.290. The van der Waals surface area contributed by atoms with E-state index in [-0.39, 0.29) is 11.7 Å². The van der Waals surface area contributed by atoms with Crippen molar-refractivity contribution in [3.63, 3.8) is 0 Å². The number of benzene rings is 1. The molecule has 0 saturated carbocycles. The summed E-state index contributed by atoms with van der Waals surface area (Å²) in [7, 11) is 0. The summed E-state index contributed by atoms with van der Waals surface area (Å²) in [5, 5.41) is 2.79. The zero-order valence-electron chi connectivity index (χ0n) is 16.3. The number of rotatable bonds is 5. The van der Waals surface area contributed by atoms with Gasteiger partial charge in [0.15, 0.2) is 0 Å². The molecule has 2 aromatic heterocycles. The number of carbonyl (C=O) groups is 1. The lowest BCUT2D eigenvalue weighted by molar-refractivity contribution is 0.0946. The molecule has 0 unspecified atom stereocenters. The molecule has 1 fully saturated rings. The Bertz CT molecular complexity index is 987. The number of imidazole rings is 1. The Morgan fingerprint density at radius 3 is 2.76 bits per heavy atom. The van der Waals surface area contributed by atoms with Gasteiger partial charge in [0.2, 0.25) is 0 Å². The molecule has 3 heterocycles. The van der Waals surface area contributed by atoms with Crippen molar-refractivity contribution in [2.75, 3.05) is 11.4 Å². The number of amides is 1. The monoisotopic (exact) mass is 394 g/mol.